The molecule has 1 atom stereocenters. The van der Waals surface area contributed by atoms with E-state index in [-0.39, 0.29) is 41.6 Å². The molecular formula is C27H35F3N10O2. The number of ether oxygens (including phenoxy) is 1. The van der Waals surface area contributed by atoms with Gasteiger partial charge in [0.15, 0.2) is 5.82 Å². The van der Waals surface area contributed by atoms with Crippen molar-refractivity contribution in [3.05, 3.63) is 42.0 Å². The predicted molar refractivity (Wildman–Crippen MR) is 156 cm³/mol. The number of pyridine rings is 1. The van der Waals surface area contributed by atoms with Gasteiger partial charge in [-0.15, -0.1) is 5.10 Å². The lowest BCUT2D eigenvalue weighted by molar-refractivity contribution is -0.122. The van der Waals surface area contributed by atoms with Gasteiger partial charge in [-0.1, -0.05) is 6.92 Å². The van der Waals surface area contributed by atoms with Gasteiger partial charge in [-0.25, -0.2) is 4.98 Å². The summed E-state index contributed by atoms with van der Waals surface area (Å²) in [7, 11) is 5.17. The first-order chi connectivity index (χ1) is 20.1. The van der Waals surface area contributed by atoms with E-state index in [4.69, 9.17) is 4.74 Å². The number of anilines is 2. The number of H-pyrrole nitrogens is 1. The van der Waals surface area contributed by atoms with Crippen LogP contribution in [0.3, 0.4) is 0 Å². The number of hydrogen-bond acceptors (Lipinski definition) is 9. The molecule has 3 aromatic heterocycles. The number of rotatable bonds is 11. The minimum atomic E-state index is -4.78. The van der Waals surface area contributed by atoms with E-state index in [2.05, 4.69) is 52.2 Å². The van der Waals surface area contributed by atoms with Crippen LogP contribution in [0.1, 0.15) is 18.9 Å². The highest BCUT2D eigenvalue weighted by Gasteiger charge is 2.38. The number of aromatic nitrogens is 4. The van der Waals surface area contributed by atoms with Gasteiger partial charge in [0.05, 0.1) is 36.1 Å². The summed E-state index contributed by atoms with van der Waals surface area (Å²) < 4.78 is 49.4. The lowest BCUT2D eigenvalue weighted by Gasteiger charge is -2.36. The molecule has 4 heterocycles. The van der Waals surface area contributed by atoms with E-state index in [1.54, 1.807) is 19.3 Å². The average molecular weight is 589 g/mol. The minimum absolute atomic E-state index is 0.154. The molecule has 1 unspecified atom stereocenters. The quantitative estimate of drug-likeness (QED) is 0.294. The normalized spacial score (nSPS) is 16.5. The van der Waals surface area contributed by atoms with Crippen LogP contribution in [-0.2, 0) is 11.8 Å². The third kappa shape index (κ3) is 6.79. The second-order valence-corrected chi connectivity index (χ2v) is 9.83. The Morgan fingerprint density at radius 3 is 2.67 bits per heavy atom. The molecule has 1 amide bonds. The van der Waals surface area contributed by atoms with Crippen molar-refractivity contribution >= 4 is 40.7 Å². The molecule has 1 aliphatic rings. The fraction of sp³-hybridized carbons (Fsp3) is 0.444. The molecule has 1 fully saturated rings. The summed E-state index contributed by atoms with van der Waals surface area (Å²) in [6.45, 7) is 8.16. The number of aromatic amines is 1. The topological polar surface area (TPSA) is 128 Å². The van der Waals surface area contributed by atoms with Crippen LogP contribution in [0, 0.1) is 0 Å². The van der Waals surface area contributed by atoms with Gasteiger partial charge in [0.25, 0.3) is 5.88 Å². The number of fused-ring (bicyclic) bond motifs is 1. The molecular weight excluding hydrogens is 553 g/mol. The van der Waals surface area contributed by atoms with Crippen molar-refractivity contribution in [3.8, 4) is 5.88 Å². The molecule has 1 aliphatic heterocycles. The predicted octanol–water partition coefficient (Wildman–Crippen LogP) is 3.28. The van der Waals surface area contributed by atoms with E-state index in [1.807, 2.05) is 14.0 Å². The Hall–Kier alpha value is -4.24. The average Bonchev–Trinajstić information content (AvgIpc) is 3.54. The number of aliphatic imine (C=N–C) groups is 2. The third-order valence-electron chi connectivity index (χ3n) is 7.04. The smallest absolute Gasteiger partial charge is 0.419 e. The number of likely N-dealkylation sites (N-methyl/N-ethyl adjacent to an activating group) is 1. The molecule has 0 bridgehead atoms. The first kappa shape index (κ1) is 30.7. The summed E-state index contributed by atoms with van der Waals surface area (Å²) in [5.74, 6) is 0.260. The number of alkyl halides is 3. The SMILES string of the molecule is C=N/C=C(\C(=NCNc1cn(C)nc1OC)c1c[nH]c2c(NC(=O)C(CC)N3CCN(C)CC3)nccc12)C(F)(F)F. The lowest BCUT2D eigenvalue weighted by atomic mass is 10.0. The Balaban J connectivity index is 1.68. The second-order valence-electron chi connectivity index (χ2n) is 9.83. The van der Waals surface area contributed by atoms with E-state index in [1.165, 1.54) is 24.2 Å². The monoisotopic (exact) mass is 588 g/mol. The van der Waals surface area contributed by atoms with Gasteiger partial charge in [0, 0.05) is 62.8 Å². The number of allylic oxidation sites excluding steroid dienone is 1. The van der Waals surface area contributed by atoms with Crippen LogP contribution in [0.25, 0.3) is 10.9 Å². The van der Waals surface area contributed by atoms with E-state index in [9.17, 15) is 18.0 Å². The Bertz CT molecular complexity index is 1470. The van der Waals surface area contributed by atoms with Crippen LogP contribution in [0.5, 0.6) is 5.88 Å². The molecule has 0 radical (unpaired) electrons. The Morgan fingerprint density at radius 1 is 1.29 bits per heavy atom. The molecule has 226 valence electrons. The number of hydrogen-bond donors (Lipinski definition) is 3. The number of nitrogens with zero attached hydrogens (tertiary/aromatic N) is 7. The number of amides is 1. The van der Waals surface area contributed by atoms with Crippen molar-refractivity contribution in [2.75, 3.05) is 57.6 Å². The zero-order chi connectivity index (χ0) is 30.4. The highest BCUT2D eigenvalue weighted by Crippen LogP contribution is 2.33. The van der Waals surface area contributed by atoms with E-state index < -0.39 is 11.7 Å². The molecule has 1 saturated heterocycles. The summed E-state index contributed by atoms with van der Waals surface area (Å²) in [6.07, 6.45) is 0.918. The number of piperazine rings is 1. The highest BCUT2D eigenvalue weighted by molar-refractivity contribution is 6.21. The number of carbonyl (C=O) groups is 1. The van der Waals surface area contributed by atoms with E-state index in [0.717, 1.165) is 26.2 Å². The van der Waals surface area contributed by atoms with Gasteiger partial charge < -0.3 is 25.3 Å². The van der Waals surface area contributed by atoms with Gasteiger partial charge in [-0.3, -0.25) is 24.4 Å². The standard InChI is InChI=1S/C27H35F3N10O2/c1-6-21(40-11-9-38(3)10-12-40)25(41)36-24-23-17(7-8-32-24)18(13-33-23)22(19(14-31-2)27(28,29)30)35-16-34-20-15-39(4)37-26(20)42-5/h7-8,13-15,21,33-34H,2,6,9-12,16H2,1,3-5H3,(H,32,36,41)/b19-14+,35-22?. The first-order valence-electron chi connectivity index (χ1n) is 13.4. The largest absolute Gasteiger partial charge is 0.478 e. The van der Waals surface area contributed by atoms with Crippen LogP contribution in [-0.4, -0.2) is 107 Å². The van der Waals surface area contributed by atoms with Gasteiger partial charge in [-0.05, 0) is 26.3 Å². The molecule has 0 saturated carbocycles. The minimum Gasteiger partial charge on any atom is -0.478 e. The maximum absolute atomic E-state index is 14.2. The summed E-state index contributed by atoms with van der Waals surface area (Å²) >= 11 is 0. The maximum atomic E-state index is 14.2. The highest BCUT2D eigenvalue weighted by atomic mass is 19.4. The first-order valence-corrected chi connectivity index (χ1v) is 13.4. The van der Waals surface area contributed by atoms with Crippen molar-refractivity contribution in [3.63, 3.8) is 0 Å². The third-order valence-corrected chi connectivity index (χ3v) is 7.04. The lowest BCUT2D eigenvalue weighted by Crippen LogP contribution is -2.52. The fourth-order valence-electron chi connectivity index (χ4n) is 4.91. The van der Waals surface area contributed by atoms with Gasteiger partial charge in [-0.2, -0.15) is 13.2 Å². The molecule has 12 nitrogen and oxygen atoms in total. The summed E-state index contributed by atoms with van der Waals surface area (Å²) in [4.78, 5) is 32.6. The summed E-state index contributed by atoms with van der Waals surface area (Å²) in [6, 6.07) is 1.20. The molecule has 4 rings (SSSR count). The molecule has 15 heteroatoms. The Labute approximate surface area is 241 Å². The van der Waals surface area contributed by atoms with Crippen molar-refractivity contribution in [2.45, 2.75) is 25.6 Å². The maximum Gasteiger partial charge on any atom is 0.419 e. The van der Waals surface area contributed by atoms with Crippen LogP contribution in [0.15, 0.2) is 46.4 Å². The molecule has 0 aromatic carbocycles. The fourth-order valence-corrected chi connectivity index (χ4v) is 4.91. The van der Waals surface area contributed by atoms with Crippen molar-refractivity contribution in [1.82, 2.24) is 29.5 Å². The molecule has 3 aromatic rings. The Kier molecular flexibility index (Phi) is 9.63. The number of carbonyl (C=O) groups excluding carboxylic acids is 1. The van der Waals surface area contributed by atoms with Crippen molar-refractivity contribution < 1.29 is 22.7 Å². The second kappa shape index (κ2) is 13.2. The molecule has 42 heavy (non-hydrogen) atoms. The number of methoxy groups -OCH3 is 1. The Morgan fingerprint density at radius 2 is 2.02 bits per heavy atom. The van der Waals surface area contributed by atoms with Crippen LogP contribution in [0.2, 0.25) is 0 Å². The van der Waals surface area contributed by atoms with Crippen molar-refractivity contribution in [2.24, 2.45) is 17.0 Å². The van der Waals surface area contributed by atoms with Gasteiger partial charge >= 0.3 is 6.18 Å². The molecule has 3 N–H and O–H groups in total. The molecule has 0 spiro atoms. The van der Waals surface area contributed by atoms with E-state index >= 15 is 0 Å². The zero-order valence-corrected chi connectivity index (χ0v) is 24.0. The molecule has 0 aliphatic carbocycles. The van der Waals surface area contributed by atoms with Gasteiger partial charge in [0.1, 0.15) is 12.4 Å². The van der Waals surface area contributed by atoms with Crippen molar-refractivity contribution in [1.29, 1.82) is 0 Å². The van der Waals surface area contributed by atoms with E-state index in [0.29, 0.717) is 29.2 Å². The number of aryl methyl sites for hydroxylation is 1. The summed E-state index contributed by atoms with van der Waals surface area (Å²) in [5, 5.41) is 10.3. The number of halogens is 3. The van der Waals surface area contributed by atoms with Crippen LogP contribution in [0.4, 0.5) is 24.7 Å². The number of nitrogens with one attached hydrogen (secondary N) is 3. The van der Waals surface area contributed by atoms with Gasteiger partial charge in [0.2, 0.25) is 5.91 Å². The van der Waals surface area contributed by atoms with Crippen LogP contribution < -0.4 is 15.4 Å². The zero-order valence-electron chi connectivity index (χ0n) is 24.0. The van der Waals surface area contributed by atoms with Crippen LogP contribution >= 0.6 is 0 Å². The summed E-state index contributed by atoms with van der Waals surface area (Å²) in [5.41, 5.74) is -0.468.